The molecular weight excluding hydrogens is 360 g/mol. The van der Waals surface area contributed by atoms with Crippen LogP contribution in [-0.4, -0.2) is 31.7 Å². The van der Waals surface area contributed by atoms with Crippen LogP contribution in [-0.2, 0) is 10.0 Å². The number of carbonyl (C=O) groups is 1. The summed E-state index contributed by atoms with van der Waals surface area (Å²) < 4.78 is 27.2. The predicted molar refractivity (Wildman–Crippen MR) is 106 cm³/mol. The van der Waals surface area contributed by atoms with Crippen LogP contribution < -0.4 is 5.32 Å². The molecule has 3 rings (SSSR count). The van der Waals surface area contributed by atoms with E-state index in [4.69, 9.17) is 0 Å². The molecule has 0 radical (unpaired) electrons. The fourth-order valence-corrected chi connectivity index (χ4v) is 5.00. The van der Waals surface area contributed by atoms with Gasteiger partial charge in [-0.15, -0.1) is 0 Å². The number of nitrogens with zero attached hydrogens (tertiary/aromatic N) is 1. The van der Waals surface area contributed by atoms with Crippen molar-refractivity contribution in [2.75, 3.05) is 13.1 Å². The van der Waals surface area contributed by atoms with Gasteiger partial charge in [-0.25, -0.2) is 8.42 Å². The van der Waals surface area contributed by atoms with Gasteiger partial charge in [-0.05, 0) is 55.5 Å². The Hall–Kier alpha value is -2.18. The Morgan fingerprint density at radius 3 is 2.41 bits per heavy atom. The van der Waals surface area contributed by atoms with Crippen molar-refractivity contribution in [2.45, 2.75) is 37.6 Å². The average molecular weight is 387 g/mol. The van der Waals surface area contributed by atoms with Crippen molar-refractivity contribution in [2.24, 2.45) is 5.92 Å². The number of nitrogens with one attached hydrogen (secondary N) is 1. The lowest BCUT2D eigenvalue weighted by molar-refractivity contribution is 0.0940. The van der Waals surface area contributed by atoms with Gasteiger partial charge in [-0.2, -0.15) is 4.31 Å². The van der Waals surface area contributed by atoms with Gasteiger partial charge in [0.1, 0.15) is 0 Å². The molecule has 1 aliphatic heterocycles. The summed E-state index contributed by atoms with van der Waals surface area (Å²) >= 11 is 0. The zero-order valence-electron chi connectivity index (χ0n) is 15.8. The van der Waals surface area contributed by atoms with Gasteiger partial charge in [0.25, 0.3) is 5.91 Å². The van der Waals surface area contributed by atoms with Gasteiger partial charge in [0, 0.05) is 18.7 Å². The van der Waals surface area contributed by atoms with Crippen molar-refractivity contribution in [1.82, 2.24) is 9.62 Å². The highest BCUT2D eigenvalue weighted by Gasteiger charge is 2.28. The van der Waals surface area contributed by atoms with Crippen LogP contribution in [0.25, 0.3) is 0 Å². The Labute approximate surface area is 161 Å². The number of hydrogen-bond acceptors (Lipinski definition) is 3. The van der Waals surface area contributed by atoms with E-state index in [1.165, 1.54) is 12.1 Å². The molecule has 0 bridgehead atoms. The molecule has 0 saturated carbocycles. The van der Waals surface area contributed by atoms with E-state index in [2.05, 4.69) is 12.2 Å². The Morgan fingerprint density at radius 1 is 1.11 bits per heavy atom. The predicted octanol–water partition coefficient (Wildman–Crippen LogP) is 3.60. The molecule has 1 amide bonds. The fraction of sp³-hybridized carbons (Fsp3) is 0.381. The summed E-state index contributed by atoms with van der Waals surface area (Å²) in [7, 11) is -3.50. The molecular formula is C21H26N2O3S. The molecule has 5 nitrogen and oxygen atoms in total. The summed E-state index contributed by atoms with van der Waals surface area (Å²) in [6.07, 6.45) is 1.95. The lowest BCUT2D eigenvalue weighted by Crippen LogP contribution is -2.39. The molecule has 2 aromatic carbocycles. The maximum atomic E-state index is 12.8. The molecule has 0 spiro atoms. The minimum absolute atomic E-state index is 0.128. The van der Waals surface area contributed by atoms with Crippen molar-refractivity contribution in [3.63, 3.8) is 0 Å². The summed E-state index contributed by atoms with van der Waals surface area (Å²) in [5.41, 5.74) is 1.47. The van der Waals surface area contributed by atoms with E-state index in [1.807, 2.05) is 37.3 Å². The number of hydrogen-bond donors (Lipinski definition) is 1. The molecule has 2 aromatic rings. The second-order valence-corrected chi connectivity index (χ2v) is 9.18. The van der Waals surface area contributed by atoms with Crippen molar-refractivity contribution < 1.29 is 13.2 Å². The van der Waals surface area contributed by atoms with Gasteiger partial charge in [0.15, 0.2) is 0 Å². The minimum atomic E-state index is -3.50. The summed E-state index contributed by atoms with van der Waals surface area (Å²) in [5.74, 6) is 0.153. The lowest BCUT2D eigenvalue weighted by atomic mass is 10.0. The SMILES string of the molecule is C[C@H]1CCCN(S(=O)(=O)c2ccc(C(=O)N[C@H](C)c3ccccc3)cc2)C1. The van der Waals surface area contributed by atoms with Crippen molar-refractivity contribution >= 4 is 15.9 Å². The first-order valence-corrected chi connectivity index (χ1v) is 10.8. The van der Waals surface area contributed by atoms with E-state index in [0.29, 0.717) is 24.6 Å². The molecule has 27 heavy (non-hydrogen) atoms. The van der Waals surface area contributed by atoms with Crippen molar-refractivity contribution in [1.29, 1.82) is 0 Å². The van der Waals surface area contributed by atoms with Crippen molar-refractivity contribution in [3.8, 4) is 0 Å². The standard InChI is InChI=1S/C21H26N2O3S/c1-16-7-6-14-23(15-16)27(25,26)20-12-10-19(11-13-20)21(24)22-17(2)18-8-4-3-5-9-18/h3-5,8-13,16-17H,6-7,14-15H2,1-2H3,(H,22,24)/t16-,17+/m0/s1. The third-order valence-electron chi connectivity index (χ3n) is 5.02. The molecule has 0 aliphatic carbocycles. The highest BCUT2D eigenvalue weighted by Crippen LogP contribution is 2.23. The first kappa shape index (κ1) is 19.6. The molecule has 1 fully saturated rings. The fourth-order valence-electron chi connectivity index (χ4n) is 3.40. The Bertz CT molecular complexity index is 879. The quantitative estimate of drug-likeness (QED) is 0.854. The first-order valence-electron chi connectivity index (χ1n) is 9.34. The maximum absolute atomic E-state index is 12.8. The van der Waals surface area contributed by atoms with Crippen LogP contribution in [0.2, 0.25) is 0 Å². The highest BCUT2D eigenvalue weighted by atomic mass is 32.2. The summed E-state index contributed by atoms with van der Waals surface area (Å²) in [6, 6.07) is 15.8. The van der Waals surface area contributed by atoms with Gasteiger partial charge in [0.05, 0.1) is 10.9 Å². The van der Waals surface area contributed by atoms with Crippen LogP contribution >= 0.6 is 0 Å². The number of piperidine rings is 1. The average Bonchev–Trinajstić information content (AvgIpc) is 2.68. The smallest absolute Gasteiger partial charge is 0.251 e. The lowest BCUT2D eigenvalue weighted by Gasteiger charge is -2.30. The Kier molecular flexibility index (Phi) is 5.97. The topological polar surface area (TPSA) is 66.5 Å². The molecule has 1 saturated heterocycles. The molecule has 1 aliphatic rings. The number of carbonyl (C=O) groups excluding carboxylic acids is 1. The van der Waals surface area contributed by atoms with Gasteiger partial charge in [-0.1, -0.05) is 37.3 Å². The molecule has 1 heterocycles. The number of amides is 1. The molecule has 144 valence electrons. The molecule has 1 N–H and O–H groups in total. The normalized spacial score (nSPS) is 19.4. The second-order valence-electron chi connectivity index (χ2n) is 7.24. The minimum Gasteiger partial charge on any atom is -0.346 e. The first-order chi connectivity index (χ1) is 12.9. The van der Waals surface area contributed by atoms with E-state index >= 15 is 0 Å². The Morgan fingerprint density at radius 2 is 1.78 bits per heavy atom. The van der Waals surface area contributed by atoms with Crippen LogP contribution in [0.5, 0.6) is 0 Å². The van der Waals surface area contributed by atoms with E-state index in [1.54, 1.807) is 16.4 Å². The summed E-state index contributed by atoms with van der Waals surface area (Å²) in [4.78, 5) is 12.7. The molecule has 0 unspecified atom stereocenters. The van der Waals surface area contributed by atoms with Crippen molar-refractivity contribution in [3.05, 3.63) is 65.7 Å². The van der Waals surface area contributed by atoms with Crippen LogP contribution in [0.1, 0.15) is 48.7 Å². The third-order valence-corrected chi connectivity index (χ3v) is 6.90. The third kappa shape index (κ3) is 4.57. The highest BCUT2D eigenvalue weighted by molar-refractivity contribution is 7.89. The summed E-state index contributed by atoms with van der Waals surface area (Å²) in [5, 5.41) is 2.94. The monoisotopic (exact) mass is 386 g/mol. The Balaban J connectivity index is 1.70. The molecule has 2 atom stereocenters. The maximum Gasteiger partial charge on any atom is 0.251 e. The zero-order valence-corrected chi connectivity index (χ0v) is 16.6. The van der Waals surface area contributed by atoms with Gasteiger partial charge in [-0.3, -0.25) is 4.79 Å². The van der Waals surface area contributed by atoms with E-state index in [0.717, 1.165) is 18.4 Å². The van der Waals surface area contributed by atoms with Crippen LogP contribution in [0, 0.1) is 5.92 Å². The van der Waals surface area contributed by atoms with Crippen LogP contribution in [0.15, 0.2) is 59.5 Å². The van der Waals surface area contributed by atoms with Crippen LogP contribution in [0.4, 0.5) is 0 Å². The molecule has 0 aromatic heterocycles. The second kappa shape index (κ2) is 8.23. The zero-order chi connectivity index (χ0) is 19.4. The van der Waals surface area contributed by atoms with Gasteiger partial charge >= 0.3 is 0 Å². The number of benzene rings is 2. The summed E-state index contributed by atoms with van der Waals surface area (Å²) in [6.45, 7) is 5.11. The number of sulfonamides is 1. The van der Waals surface area contributed by atoms with Gasteiger partial charge < -0.3 is 5.32 Å². The van der Waals surface area contributed by atoms with E-state index in [-0.39, 0.29) is 16.8 Å². The van der Waals surface area contributed by atoms with E-state index in [9.17, 15) is 13.2 Å². The number of rotatable bonds is 5. The van der Waals surface area contributed by atoms with E-state index < -0.39 is 10.0 Å². The largest absolute Gasteiger partial charge is 0.346 e. The molecule has 6 heteroatoms. The van der Waals surface area contributed by atoms with Gasteiger partial charge in [0.2, 0.25) is 10.0 Å². The van der Waals surface area contributed by atoms with Crippen LogP contribution in [0.3, 0.4) is 0 Å².